The number of thiophene rings is 1. The van der Waals surface area contributed by atoms with E-state index < -0.39 is 4.92 Å². The summed E-state index contributed by atoms with van der Waals surface area (Å²) in [5.41, 5.74) is 0.182. The minimum Gasteiger partial charge on any atom is -0.357 e. The van der Waals surface area contributed by atoms with Crippen molar-refractivity contribution in [1.29, 1.82) is 0 Å². The largest absolute Gasteiger partial charge is 0.357 e. The Bertz CT molecular complexity index is 676. The number of anilines is 2. The summed E-state index contributed by atoms with van der Waals surface area (Å²) in [6.07, 6.45) is 0. The molecule has 1 atom stereocenters. The van der Waals surface area contributed by atoms with Gasteiger partial charge >= 0.3 is 5.69 Å². The van der Waals surface area contributed by atoms with Gasteiger partial charge < -0.3 is 10.6 Å². The summed E-state index contributed by atoms with van der Waals surface area (Å²) in [5, 5.41) is 17.1. The standard InChI is InChI=1S/C12H14ClN5O2S/c1-6(8-4-5-9(13)21-8)15-11-10(18(19)20)7(2)16-12(14-3)17-11/h4-6H,1-3H3,(H2,14,15,16,17). The molecule has 112 valence electrons. The van der Waals surface area contributed by atoms with Gasteiger partial charge in [-0.05, 0) is 26.0 Å². The van der Waals surface area contributed by atoms with Crippen LogP contribution in [0.25, 0.3) is 0 Å². The molecular weight excluding hydrogens is 314 g/mol. The maximum Gasteiger partial charge on any atom is 0.332 e. The molecule has 7 nitrogen and oxygen atoms in total. The molecule has 0 bridgehead atoms. The average molecular weight is 328 g/mol. The Kier molecular flexibility index (Phi) is 4.59. The van der Waals surface area contributed by atoms with Gasteiger partial charge in [0.1, 0.15) is 5.69 Å². The van der Waals surface area contributed by atoms with Gasteiger partial charge in [0.25, 0.3) is 0 Å². The molecule has 0 spiro atoms. The van der Waals surface area contributed by atoms with Crippen LogP contribution in [0.5, 0.6) is 0 Å². The molecule has 2 aromatic heterocycles. The van der Waals surface area contributed by atoms with Crippen molar-refractivity contribution in [2.75, 3.05) is 17.7 Å². The Balaban J connectivity index is 2.37. The number of halogens is 1. The summed E-state index contributed by atoms with van der Waals surface area (Å²) >= 11 is 7.33. The predicted molar refractivity (Wildman–Crippen MR) is 84.3 cm³/mol. The fraction of sp³-hybridized carbons (Fsp3) is 0.333. The number of nitrogens with one attached hydrogen (secondary N) is 2. The van der Waals surface area contributed by atoms with E-state index in [1.165, 1.54) is 11.3 Å². The first-order valence-electron chi connectivity index (χ1n) is 6.15. The van der Waals surface area contributed by atoms with Gasteiger partial charge in [-0.25, -0.2) is 4.98 Å². The van der Waals surface area contributed by atoms with E-state index in [1.54, 1.807) is 20.0 Å². The molecule has 0 aliphatic heterocycles. The third kappa shape index (κ3) is 3.40. The van der Waals surface area contributed by atoms with E-state index in [4.69, 9.17) is 11.6 Å². The monoisotopic (exact) mass is 327 g/mol. The lowest BCUT2D eigenvalue weighted by atomic mass is 10.2. The lowest BCUT2D eigenvalue weighted by Gasteiger charge is -2.14. The van der Waals surface area contributed by atoms with E-state index in [9.17, 15) is 10.1 Å². The Hall–Kier alpha value is -1.93. The highest BCUT2D eigenvalue weighted by molar-refractivity contribution is 7.16. The van der Waals surface area contributed by atoms with Crippen LogP contribution >= 0.6 is 22.9 Å². The maximum absolute atomic E-state index is 11.2. The molecule has 2 aromatic rings. The molecule has 2 heterocycles. The molecule has 0 radical (unpaired) electrons. The number of nitrogens with zero attached hydrogens (tertiary/aromatic N) is 3. The topological polar surface area (TPSA) is 93.0 Å². The number of nitro groups is 1. The summed E-state index contributed by atoms with van der Waals surface area (Å²) in [6, 6.07) is 3.52. The Morgan fingerprint density at radius 2 is 2.14 bits per heavy atom. The first-order chi connectivity index (χ1) is 9.92. The van der Waals surface area contributed by atoms with Crippen molar-refractivity contribution < 1.29 is 4.92 Å². The van der Waals surface area contributed by atoms with Crippen molar-refractivity contribution in [2.45, 2.75) is 19.9 Å². The Morgan fingerprint density at radius 1 is 1.43 bits per heavy atom. The number of aromatic nitrogens is 2. The zero-order valence-electron chi connectivity index (χ0n) is 11.7. The van der Waals surface area contributed by atoms with Crippen molar-refractivity contribution in [3.63, 3.8) is 0 Å². The quantitative estimate of drug-likeness (QED) is 0.643. The minimum atomic E-state index is -0.481. The molecule has 0 amide bonds. The molecule has 0 saturated carbocycles. The van der Waals surface area contributed by atoms with Crippen LogP contribution in [-0.2, 0) is 0 Å². The third-order valence-electron chi connectivity index (χ3n) is 2.84. The molecule has 0 aliphatic rings. The van der Waals surface area contributed by atoms with Gasteiger partial charge in [0.2, 0.25) is 11.8 Å². The zero-order chi connectivity index (χ0) is 15.6. The van der Waals surface area contributed by atoms with Crippen molar-refractivity contribution in [3.8, 4) is 0 Å². The SMILES string of the molecule is CNc1nc(C)c([N+](=O)[O-])c(NC(C)c2ccc(Cl)s2)n1. The molecule has 1 unspecified atom stereocenters. The van der Waals surface area contributed by atoms with Crippen molar-refractivity contribution in [1.82, 2.24) is 9.97 Å². The van der Waals surface area contributed by atoms with E-state index in [1.807, 2.05) is 13.0 Å². The fourth-order valence-corrected chi connectivity index (χ4v) is 2.90. The van der Waals surface area contributed by atoms with Crippen molar-refractivity contribution in [3.05, 3.63) is 37.2 Å². The fourth-order valence-electron chi connectivity index (χ4n) is 1.84. The zero-order valence-corrected chi connectivity index (χ0v) is 13.2. The molecule has 2 N–H and O–H groups in total. The second kappa shape index (κ2) is 6.23. The second-order valence-electron chi connectivity index (χ2n) is 4.34. The maximum atomic E-state index is 11.2. The smallest absolute Gasteiger partial charge is 0.332 e. The van der Waals surface area contributed by atoms with Gasteiger partial charge in [0.15, 0.2) is 0 Å². The van der Waals surface area contributed by atoms with Gasteiger partial charge in [-0.15, -0.1) is 11.3 Å². The highest BCUT2D eigenvalue weighted by Gasteiger charge is 2.23. The summed E-state index contributed by atoms with van der Waals surface area (Å²) in [6.45, 7) is 3.47. The van der Waals surface area contributed by atoms with Crippen LogP contribution in [0.2, 0.25) is 4.34 Å². The van der Waals surface area contributed by atoms with Crippen molar-refractivity contribution in [2.24, 2.45) is 0 Å². The van der Waals surface area contributed by atoms with Crippen LogP contribution in [0.3, 0.4) is 0 Å². The average Bonchev–Trinajstić information content (AvgIpc) is 2.84. The highest BCUT2D eigenvalue weighted by Crippen LogP contribution is 2.32. The van der Waals surface area contributed by atoms with Gasteiger partial charge in [-0.1, -0.05) is 11.6 Å². The molecule has 9 heteroatoms. The number of hydrogen-bond donors (Lipinski definition) is 2. The molecule has 0 aliphatic carbocycles. The Morgan fingerprint density at radius 3 is 2.67 bits per heavy atom. The van der Waals surface area contributed by atoms with Crippen LogP contribution in [-0.4, -0.2) is 21.9 Å². The van der Waals surface area contributed by atoms with Gasteiger partial charge in [-0.3, -0.25) is 10.1 Å². The van der Waals surface area contributed by atoms with Crippen LogP contribution in [0.1, 0.15) is 23.5 Å². The first kappa shape index (κ1) is 15.5. The van der Waals surface area contributed by atoms with E-state index in [2.05, 4.69) is 20.6 Å². The molecule has 0 saturated heterocycles. The molecule has 0 fully saturated rings. The summed E-state index contributed by atoms with van der Waals surface area (Å²) < 4.78 is 0.669. The molecule has 0 aromatic carbocycles. The number of rotatable bonds is 5. The van der Waals surface area contributed by atoms with Gasteiger partial charge in [0.05, 0.1) is 15.3 Å². The van der Waals surface area contributed by atoms with E-state index >= 15 is 0 Å². The molecule has 21 heavy (non-hydrogen) atoms. The minimum absolute atomic E-state index is 0.122. The Labute approximate surface area is 130 Å². The number of hydrogen-bond acceptors (Lipinski definition) is 7. The second-order valence-corrected chi connectivity index (χ2v) is 6.09. The van der Waals surface area contributed by atoms with Crippen LogP contribution in [0, 0.1) is 17.0 Å². The predicted octanol–water partition coefficient (Wildman–Crippen LogP) is 3.62. The summed E-state index contributed by atoms with van der Waals surface area (Å²) in [7, 11) is 1.66. The van der Waals surface area contributed by atoms with E-state index in [-0.39, 0.29) is 17.5 Å². The van der Waals surface area contributed by atoms with E-state index in [0.29, 0.717) is 16.0 Å². The summed E-state index contributed by atoms with van der Waals surface area (Å²) in [5.74, 6) is 0.519. The van der Waals surface area contributed by atoms with Crippen LogP contribution in [0.15, 0.2) is 12.1 Å². The van der Waals surface area contributed by atoms with Gasteiger partial charge in [-0.2, -0.15) is 4.98 Å². The first-order valence-corrected chi connectivity index (χ1v) is 7.34. The molecule has 2 rings (SSSR count). The molecular formula is C12H14ClN5O2S. The highest BCUT2D eigenvalue weighted by atomic mass is 35.5. The van der Waals surface area contributed by atoms with Gasteiger partial charge in [0, 0.05) is 11.9 Å². The third-order valence-corrected chi connectivity index (χ3v) is 4.25. The number of aryl methyl sites for hydroxylation is 1. The van der Waals surface area contributed by atoms with Crippen molar-refractivity contribution >= 4 is 40.4 Å². The van der Waals surface area contributed by atoms with Crippen LogP contribution < -0.4 is 10.6 Å². The van der Waals surface area contributed by atoms with E-state index in [0.717, 1.165) is 4.88 Å². The normalized spacial score (nSPS) is 12.0. The lowest BCUT2D eigenvalue weighted by Crippen LogP contribution is -2.12. The van der Waals surface area contributed by atoms with Crippen LogP contribution in [0.4, 0.5) is 17.5 Å². The lowest BCUT2D eigenvalue weighted by molar-refractivity contribution is -0.385. The summed E-state index contributed by atoms with van der Waals surface area (Å²) in [4.78, 5) is 19.9.